The number of aromatic amines is 1. The molecule has 0 aromatic carbocycles. The highest BCUT2D eigenvalue weighted by Crippen LogP contribution is 2.35. The van der Waals surface area contributed by atoms with Gasteiger partial charge in [0.1, 0.15) is 5.65 Å². The summed E-state index contributed by atoms with van der Waals surface area (Å²) in [4.78, 5) is 10.1. The number of nitrogens with zero attached hydrogens (tertiary/aromatic N) is 4. The number of halogens is 1. The summed E-state index contributed by atoms with van der Waals surface area (Å²) in [5.74, 6) is 0.534. The van der Waals surface area contributed by atoms with Crippen LogP contribution in [0, 0.1) is 0 Å². The molecule has 0 atom stereocenters. The molecule has 3 aromatic heterocycles. The Labute approximate surface area is 157 Å². The molecule has 1 N–H and O–H groups in total. The fraction of sp³-hybridized carbons (Fsp3) is 0.474. The summed E-state index contributed by atoms with van der Waals surface area (Å²) in [5, 5.41) is 6.51. The first-order valence-corrected chi connectivity index (χ1v) is 9.52. The van der Waals surface area contributed by atoms with E-state index < -0.39 is 0 Å². The van der Waals surface area contributed by atoms with Crippen LogP contribution in [-0.4, -0.2) is 57.0 Å². The molecule has 0 unspecified atom stereocenters. The third kappa shape index (κ3) is 2.55. The van der Waals surface area contributed by atoms with Crippen LogP contribution in [0.3, 0.4) is 0 Å². The minimum Gasteiger partial charge on any atom is -0.378 e. The molecular formula is C19H22ClN5O. The number of nitrogens with one attached hydrogen (secondary N) is 1. The lowest BCUT2D eigenvalue weighted by molar-refractivity contribution is -0.0913. The van der Waals surface area contributed by atoms with E-state index >= 15 is 0 Å². The van der Waals surface area contributed by atoms with Crippen molar-refractivity contribution in [2.45, 2.75) is 31.8 Å². The van der Waals surface area contributed by atoms with Crippen molar-refractivity contribution in [1.29, 1.82) is 0 Å². The molecule has 0 radical (unpaired) electrons. The van der Waals surface area contributed by atoms with Gasteiger partial charge in [-0.1, -0.05) is 11.6 Å². The highest BCUT2D eigenvalue weighted by atomic mass is 35.5. The zero-order valence-corrected chi connectivity index (χ0v) is 15.7. The summed E-state index contributed by atoms with van der Waals surface area (Å²) < 4.78 is 7.48. The molecule has 0 saturated carbocycles. The monoisotopic (exact) mass is 371 g/mol. The highest BCUT2D eigenvalue weighted by Gasteiger charge is 2.38. The topological polar surface area (TPSA) is 59.0 Å². The van der Waals surface area contributed by atoms with Crippen molar-refractivity contribution in [2.75, 3.05) is 26.3 Å². The van der Waals surface area contributed by atoms with Crippen molar-refractivity contribution < 1.29 is 4.74 Å². The van der Waals surface area contributed by atoms with Gasteiger partial charge in [-0.2, -0.15) is 5.10 Å². The van der Waals surface area contributed by atoms with Crippen molar-refractivity contribution in [3.8, 4) is 11.3 Å². The molecule has 0 spiro atoms. The zero-order valence-electron chi connectivity index (χ0n) is 14.9. The van der Waals surface area contributed by atoms with E-state index in [9.17, 15) is 0 Å². The van der Waals surface area contributed by atoms with E-state index in [2.05, 4.69) is 45.5 Å². The van der Waals surface area contributed by atoms with Gasteiger partial charge in [0.15, 0.2) is 0 Å². The van der Waals surface area contributed by atoms with E-state index in [1.807, 2.05) is 6.20 Å². The van der Waals surface area contributed by atoms with Crippen LogP contribution in [0.5, 0.6) is 0 Å². The van der Waals surface area contributed by atoms with Gasteiger partial charge in [-0.05, 0) is 26.0 Å². The van der Waals surface area contributed by atoms with Crippen LogP contribution >= 0.6 is 11.6 Å². The standard InChI is InChI=1S/C19H22ClN5O/c1-11(2)25-18(13-7-24(8-13)14-9-26-10-14)4-17(23-25)12-3-15-16(20)6-22-19(15)21-5-12/h3-6,11,13-14H,7-10H2,1-2H3,(H,21,22). The molecular weight excluding hydrogens is 350 g/mol. The molecule has 6 nitrogen and oxygen atoms in total. The molecule has 2 aliphatic rings. The minimum absolute atomic E-state index is 0.326. The summed E-state index contributed by atoms with van der Waals surface area (Å²) in [6.07, 6.45) is 3.64. The van der Waals surface area contributed by atoms with Crippen LogP contribution in [0.4, 0.5) is 0 Å². The fourth-order valence-corrected chi connectivity index (χ4v) is 4.01. The van der Waals surface area contributed by atoms with E-state index in [4.69, 9.17) is 21.4 Å². The maximum Gasteiger partial charge on any atom is 0.138 e. The maximum absolute atomic E-state index is 6.25. The van der Waals surface area contributed by atoms with E-state index in [1.165, 1.54) is 5.69 Å². The third-order valence-corrected chi connectivity index (χ3v) is 5.81. The Balaban J connectivity index is 1.46. The van der Waals surface area contributed by atoms with Crippen molar-refractivity contribution in [2.24, 2.45) is 0 Å². The largest absolute Gasteiger partial charge is 0.378 e. The number of aromatic nitrogens is 4. The molecule has 3 aromatic rings. The fourth-order valence-electron chi connectivity index (χ4n) is 3.81. The van der Waals surface area contributed by atoms with Gasteiger partial charge in [-0.15, -0.1) is 0 Å². The van der Waals surface area contributed by atoms with Crippen LogP contribution in [0.25, 0.3) is 22.3 Å². The first kappa shape index (κ1) is 16.3. The lowest BCUT2D eigenvalue weighted by Crippen LogP contribution is -2.58. The maximum atomic E-state index is 6.25. The van der Waals surface area contributed by atoms with E-state index in [0.29, 0.717) is 23.0 Å². The number of likely N-dealkylation sites (tertiary alicyclic amines) is 1. The molecule has 2 saturated heterocycles. The second-order valence-corrected chi connectivity index (χ2v) is 8.00. The molecule has 7 heteroatoms. The molecule has 2 aliphatic heterocycles. The van der Waals surface area contributed by atoms with Crippen molar-refractivity contribution >= 4 is 22.6 Å². The van der Waals surface area contributed by atoms with Crippen LogP contribution in [0.15, 0.2) is 24.5 Å². The summed E-state index contributed by atoms with van der Waals surface area (Å²) in [6, 6.07) is 5.23. The summed E-state index contributed by atoms with van der Waals surface area (Å²) in [5.41, 5.74) is 4.08. The van der Waals surface area contributed by atoms with Crippen LogP contribution in [0.1, 0.15) is 31.5 Å². The predicted octanol–water partition coefficient (Wildman–Crippen LogP) is 3.46. The van der Waals surface area contributed by atoms with Gasteiger partial charge in [0, 0.05) is 54.1 Å². The summed E-state index contributed by atoms with van der Waals surface area (Å²) >= 11 is 6.25. The Hall–Kier alpha value is -1.89. The van der Waals surface area contributed by atoms with Crippen LogP contribution in [-0.2, 0) is 4.74 Å². The average Bonchev–Trinajstić information content (AvgIpc) is 3.13. The molecule has 0 aliphatic carbocycles. The molecule has 0 bridgehead atoms. The van der Waals surface area contributed by atoms with E-state index in [-0.39, 0.29) is 0 Å². The second-order valence-electron chi connectivity index (χ2n) is 7.59. The van der Waals surface area contributed by atoms with Crippen LogP contribution < -0.4 is 0 Å². The zero-order chi connectivity index (χ0) is 17.8. The Bertz CT molecular complexity index is 952. The van der Waals surface area contributed by atoms with Crippen LogP contribution in [0.2, 0.25) is 5.02 Å². The number of rotatable bonds is 4. The van der Waals surface area contributed by atoms with Gasteiger partial charge < -0.3 is 9.72 Å². The lowest BCUT2D eigenvalue weighted by atomic mass is 9.92. The molecule has 26 heavy (non-hydrogen) atoms. The molecule has 2 fully saturated rings. The molecule has 5 rings (SSSR count). The Morgan fingerprint density at radius 1 is 1.27 bits per heavy atom. The van der Waals surface area contributed by atoms with Gasteiger partial charge >= 0.3 is 0 Å². The van der Waals surface area contributed by atoms with E-state index in [1.54, 1.807) is 6.20 Å². The first-order valence-electron chi connectivity index (χ1n) is 9.14. The second kappa shape index (κ2) is 6.08. The van der Waals surface area contributed by atoms with Gasteiger partial charge in [-0.25, -0.2) is 4.98 Å². The smallest absolute Gasteiger partial charge is 0.138 e. The van der Waals surface area contributed by atoms with Crippen molar-refractivity contribution in [1.82, 2.24) is 24.6 Å². The first-order chi connectivity index (χ1) is 12.6. The lowest BCUT2D eigenvalue weighted by Gasteiger charge is -2.47. The highest BCUT2D eigenvalue weighted by molar-refractivity contribution is 6.35. The Morgan fingerprint density at radius 2 is 2.08 bits per heavy atom. The number of hydrogen-bond acceptors (Lipinski definition) is 4. The SMILES string of the molecule is CC(C)n1nc(-c2cnc3[nH]cc(Cl)c3c2)cc1C1CN(C2COC2)C1. The minimum atomic E-state index is 0.326. The van der Waals surface area contributed by atoms with Gasteiger partial charge in [0.05, 0.1) is 30.0 Å². The number of H-pyrrole nitrogens is 1. The number of ether oxygens (including phenoxy) is 1. The van der Waals surface area contributed by atoms with Gasteiger partial charge in [0.2, 0.25) is 0 Å². The summed E-state index contributed by atoms with van der Waals surface area (Å²) in [6.45, 7) is 8.30. The molecule has 0 amide bonds. The Morgan fingerprint density at radius 3 is 2.77 bits per heavy atom. The number of pyridine rings is 1. The van der Waals surface area contributed by atoms with Crippen molar-refractivity contribution in [3.63, 3.8) is 0 Å². The summed E-state index contributed by atoms with van der Waals surface area (Å²) in [7, 11) is 0. The quantitative estimate of drug-likeness (QED) is 0.763. The molecule has 5 heterocycles. The Kier molecular flexibility index (Phi) is 3.81. The predicted molar refractivity (Wildman–Crippen MR) is 102 cm³/mol. The third-order valence-electron chi connectivity index (χ3n) is 5.50. The van der Waals surface area contributed by atoms with Gasteiger partial charge in [-0.3, -0.25) is 9.58 Å². The number of fused-ring (bicyclic) bond motifs is 1. The van der Waals surface area contributed by atoms with E-state index in [0.717, 1.165) is 48.6 Å². The average molecular weight is 372 g/mol. The van der Waals surface area contributed by atoms with Crippen molar-refractivity contribution in [3.05, 3.63) is 35.2 Å². The number of hydrogen-bond donors (Lipinski definition) is 1. The molecule has 136 valence electrons. The normalized spacial score (nSPS) is 19.2. The van der Waals surface area contributed by atoms with Gasteiger partial charge in [0.25, 0.3) is 0 Å².